The number of aryl methyl sites for hydroxylation is 1. The van der Waals surface area contributed by atoms with Crippen LogP contribution in [0.1, 0.15) is 43.4 Å². The van der Waals surface area contributed by atoms with Crippen LogP contribution in [0.5, 0.6) is 0 Å². The number of rotatable bonds is 10. The van der Waals surface area contributed by atoms with E-state index in [1.807, 2.05) is 53.6 Å². The summed E-state index contributed by atoms with van der Waals surface area (Å²) in [7, 11) is -1.02. The summed E-state index contributed by atoms with van der Waals surface area (Å²) in [5, 5.41) is -0.101. The zero-order valence-electron chi connectivity index (χ0n) is 15.0. The molecule has 0 radical (unpaired) electrons. The number of hydrogen-bond acceptors (Lipinski definition) is 3. The first-order valence-corrected chi connectivity index (χ1v) is 10.7. The molecular weight excluding hydrogens is 344 g/mol. The van der Waals surface area contributed by atoms with Gasteiger partial charge in [-0.3, -0.25) is 14.0 Å². The van der Waals surface area contributed by atoms with Crippen molar-refractivity contribution >= 4 is 16.7 Å². The SMILES string of the molecule is O=C1CC(S(=O)Cc2ccccc2)N1CCCCCCc1ccccn1. The van der Waals surface area contributed by atoms with Crippen LogP contribution in [0.4, 0.5) is 0 Å². The minimum Gasteiger partial charge on any atom is -0.328 e. The fourth-order valence-electron chi connectivity index (χ4n) is 3.25. The highest BCUT2D eigenvalue weighted by atomic mass is 32.2. The summed E-state index contributed by atoms with van der Waals surface area (Å²) in [6.45, 7) is 0.730. The van der Waals surface area contributed by atoms with E-state index in [9.17, 15) is 9.00 Å². The Morgan fingerprint density at radius 2 is 1.77 bits per heavy atom. The van der Waals surface area contributed by atoms with E-state index in [2.05, 4.69) is 11.1 Å². The predicted octanol–water partition coefficient (Wildman–Crippen LogP) is 3.69. The quantitative estimate of drug-likeness (QED) is 0.473. The Labute approximate surface area is 158 Å². The van der Waals surface area contributed by atoms with Gasteiger partial charge in [-0.05, 0) is 37.0 Å². The summed E-state index contributed by atoms with van der Waals surface area (Å²) in [6, 6.07) is 15.9. The monoisotopic (exact) mass is 370 g/mol. The van der Waals surface area contributed by atoms with Crippen LogP contribution in [-0.2, 0) is 27.8 Å². The van der Waals surface area contributed by atoms with Gasteiger partial charge in [0, 0.05) is 29.2 Å². The molecule has 26 heavy (non-hydrogen) atoms. The topological polar surface area (TPSA) is 50.3 Å². The van der Waals surface area contributed by atoms with E-state index < -0.39 is 10.8 Å². The summed E-state index contributed by atoms with van der Waals surface area (Å²) in [5.41, 5.74) is 2.21. The van der Waals surface area contributed by atoms with Gasteiger partial charge in [-0.25, -0.2) is 0 Å². The van der Waals surface area contributed by atoms with Crippen LogP contribution in [0.15, 0.2) is 54.7 Å². The molecule has 2 heterocycles. The number of nitrogens with zero attached hydrogens (tertiary/aromatic N) is 2. The van der Waals surface area contributed by atoms with Crippen LogP contribution in [0, 0.1) is 0 Å². The molecule has 1 aliphatic rings. The molecule has 0 N–H and O–H groups in total. The molecule has 2 aromatic rings. The third-order valence-corrected chi connectivity index (χ3v) is 6.43. The molecule has 2 unspecified atom stereocenters. The molecule has 4 nitrogen and oxygen atoms in total. The van der Waals surface area contributed by atoms with Gasteiger partial charge in [-0.1, -0.05) is 49.2 Å². The minimum absolute atomic E-state index is 0.101. The van der Waals surface area contributed by atoms with Gasteiger partial charge in [0.1, 0.15) is 5.37 Å². The van der Waals surface area contributed by atoms with Gasteiger partial charge in [0.05, 0.1) is 12.2 Å². The second-order valence-corrected chi connectivity index (χ2v) is 8.34. The Kier molecular flexibility index (Phi) is 6.95. The largest absolute Gasteiger partial charge is 0.328 e. The highest BCUT2D eigenvalue weighted by Gasteiger charge is 2.39. The molecule has 2 atom stereocenters. The highest BCUT2D eigenvalue weighted by Crippen LogP contribution is 2.25. The normalized spacial score (nSPS) is 17.8. The first-order chi connectivity index (χ1) is 12.7. The number of likely N-dealkylation sites (tertiary alicyclic amines) is 1. The van der Waals surface area contributed by atoms with E-state index in [1.54, 1.807) is 0 Å². The van der Waals surface area contributed by atoms with Crippen molar-refractivity contribution in [2.75, 3.05) is 6.54 Å². The maximum absolute atomic E-state index is 12.6. The lowest BCUT2D eigenvalue weighted by Crippen LogP contribution is -2.55. The van der Waals surface area contributed by atoms with Gasteiger partial charge in [-0.2, -0.15) is 0 Å². The van der Waals surface area contributed by atoms with Crippen molar-refractivity contribution < 1.29 is 9.00 Å². The van der Waals surface area contributed by atoms with Crippen molar-refractivity contribution in [2.24, 2.45) is 0 Å². The molecule has 1 aliphatic heterocycles. The van der Waals surface area contributed by atoms with Crippen LogP contribution in [0.2, 0.25) is 0 Å². The predicted molar refractivity (Wildman–Crippen MR) is 105 cm³/mol. The minimum atomic E-state index is -1.02. The molecule has 0 aliphatic carbocycles. The number of unbranched alkanes of at least 4 members (excludes halogenated alkanes) is 3. The van der Waals surface area contributed by atoms with E-state index in [0.29, 0.717) is 12.2 Å². The summed E-state index contributed by atoms with van der Waals surface area (Å²) < 4.78 is 12.6. The summed E-state index contributed by atoms with van der Waals surface area (Å²) in [4.78, 5) is 18.0. The van der Waals surface area contributed by atoms with Crippen LogP contribution >= 0.6 is 0 Å². The first kappa shape index (κ1) is 18.8. The fraction of sp³-hybridized carbons (Fsp3) is 0.429. The lowest BCUT2D eigenvalue weighted by Gasteiger charge is -2.39. The molecule has 5 heteroatoms. The standard InChI is InChI=1S/C21H26N2O2S/c24-20-16-21(26(25)17-18-10-4-3-5-11-18)23(20)15-9-2-1-6-12-19-13-7-8-14-22-19/h3-5,7-8,10-11,13-14,21H,1-2,6,9,12,15-17H2. The molecule has 1 saturated heterocycles. The Morgan fingerprint density at radius 1 is 1.00 bits per heavy atom. The molecule has 0 bridgehead atoms. The van der Waals surface area contributed by atoms with Crippen molar-refractivity contribution in [2.45, 2.75) is 49.7 Å². The van der Waals surface area contributed by atoms with Crippen LogP contribution in [-0.4, -0.2) is 31.9 Å². The lowest BCUT2D eigenvalue weighted by atomic mass is 10.1. The van der Waals surface area contributed by atoms with Crippen molar-refractivity contribution in [1.29, 1.82) is 0 Å². The molecule has 0 spiro atoms. The molecule has 1 aromatic heterocycles. The van der Waals surface area contributed by atoms with Crippen molar-refractivity contribution in [3.05, 3.63) is 66.0 Å². The summed E-state index contributed by atoms with van der Waals surface area (Å²) in [6.07, 6.45) is 7.60. The molecular formula is C21H26N2O2S. The number of β-lactam (4-membered cyclic amide) rings is 1. The molecule has 0 saturated carbocycles. The van der Waals surface area contributed by atoms with E-state index in [-0.39, 0.29) is 11.3 Å². The summed E-state index contributed by atoms with van der Waals surface area (Å²) >= 11 is 0. The third kappa shape index (κ3) is 5.24. The van der Waals surface area contributed by atoms with Crippen molar-refractivity contribution in [3.8, 4) is 0 Å². The number of pyridine rings is 1. The Balaban J connectivity index is 1.34. The van der Waals surface area contributed by atoms with Crippen LogP contribution < -0.4 is 0 Å². The van der Waals surface area contributed by atoms with Crippen molar-refractivity contribution in [3.63, 3.8) is 0 Å². The van der Waals surface area contributed by atoms with Gasteiger partial charge < -0.3 is 4.90 Å². The van der Waals surface area contributed by atoms with Gasteiger partial charge in [-0.15, -0.1) is 0 Å². The second-order valence-electron chi connectivity index (χ2n) is 6.74. The van der Waals surface area contributed by atoms with Crippen molar-refractivity contribution in [1.82, 2.24) is 9.88 Å². The number of aromatic nitrogens is 1. The molecule has 1 amide bonds. The smallest absolute Gasteiger partial charge is 0.226 e. The Hall–Kier alpha value is -2.01. The maximum Gasteiger partial charge on any atom is 0.226 e. The number of benzene rings is 1. The van der Waals surface area contributed by atoms with E-state index >= 15 is 0 Å². The van der Waals surface area contributed by atoms with Gasteiger partial charge in [0.15, 0.2) is 0 Å². The average Bonchev–Trinajstić information content (AvgIpc) is 2.66. The molecule has 1 fully saturated rings. The first-order valence-electron chi connectivity index (χ1n) is 9.34. The van der Waals surface area contributed by atoms with E-state index in [0.717, 1.165) is 49.9 Å². The Morgan fingerprint density at radius 3 is 2.50 bits per heavy atom. The number of carbonyl (C=O) groups is 1. The number of carbonyl (C=O) groups excluding carboxylic acids is 1. The van der Waals surface area contributed by atoms with Gasteiger partial charge in [0.25, 0.3) is 0 Å². The van der Waals surface area contributed by atoms with Crippen LogP contribution in [0.3, 0.4) is 0 Å². The third-order valence-electron chi connectivity index (χ3n) is 4.78. The zero-order chi connectivity index (χ0) is 18.2. The van der Waals surface area contributed by atoms with Gasteiger partial charge >= 0.3 is 0 Å². The molecule has 138 valence electrons. The van der Waals surface area contributed by atoms with E-state index in [4.69, 9.17) is 0 Å². The fourth-order valence-corrected chi connectivity index (χ4v) is 4.80. The lowest BCUT2D eigenvalue weighted by molar-refractivity contribution is -0.141. The maximum atomic E-state index is 12.6. The average molecular weight is 371 g/mol. The second kappa shape index (κ2) is 9.62. The zero-order valence-corrected chi connectivity index (χ0v) is 15.9. The summed E-state index contributed by atoms with van der Waals surface area (Å²) in [5.74, 6) is 0.671. The number of amides is 1. The highest BCUT2D eigenvalue weighted by molar-refractivity contribution is 7.84. The Bertz CT molecular complexity index is 721. The number of hydrogen-bond donors (Lipinski definition) is 0. The molecule has 3 rings (SSSR count). The van der Waals surface area contributed by atoms with Crippen LogP contribution in [0.25, 0.3) is 0 Å². The molecule has 1 aromatic carbocycles. The van der Waals surface area contributed by atoms with Gasteiger partial charge in [0.2, 0.25) is 5.91 Å². The van der Waals surface area contributed by atoms with E-state index in [1.165, 1.54) is 0 Å².